The van der Waals surface area contributed by atoms with Crippen molar-refractivity contribution in [1.82, 2.24) is 9.97 Å². The molecule has 4 rings (SSSR count). The van der Waals surface area contributed by atoms with Crippen molar-refractivity contribution in [2.45, 2.75) is 46.0 Å². The summed E-state index contributed by atoms with van der Waals surface area (Å²) >= 11 is 0. The monoisotopic (exact) mass is 400 g/mol. The molecule has 0 radical (unpaired) electrons. The van der Waals surface area contributed by atoms with Gasteiger partial charge in [-0.15, -0.1) is 0 Å². The molecule has 4 nitrogen and oxygen atoms in total. The number of nitrogens with zero attached hydrogens (tertiary/aromatic N) is 1. The molecule has 1 aliphatic rings. The van der Waals surface area contributed by atoms with Gasteiger partial charge in [-0.1, -0.05) is 44.2 Å². The Labute approximate surface area is 177 Å². The largest absolute Gasteiger partial charge is 0.358 e. The van der Waals surface area contributed by atoms with Gasteiger partial charge in [0.15, 0.2) is 5.78 Å². The average Bonchev–Trinajstić information content (AvgIpc) is 3.12. The van der Waals surface area contributed by atoms with Gasteiger partial charge in [0.1, 0.15) is 5.78 Å². The minimum absolute atomic E-state index is 0.0566. The first-order valence-corrected chi connectivity index (χ1v) is 10.8. The summed E-state index contributed by atoms with van der Waals surface area (Å²) in [6.45, 7) is 3.88. The van der Waals surface area contributed by atoms with E-state index < -0.39 is 0 Å². The molecular weight excluding hydrogens is 372 g/mol. The average molecular weight is 401 g/mol. The van der Waals surface area contributed by atoms with E-state index in [0.717, 1.165) is 40.9 Å². The van der Waals surface area contributed by atoms with E-state index in [1.807, 2.05) is 44.2 Å². The standard InChI is InChI=1S/C26H28N2O2/c1-17(2)23(29)9-8-19-15-22-25(24(30)16-19)21(14-18-6-4-3-5-7-18)26(28-22)20-10-12-27-13-11-20/h3-7,10-13,17,19,28H,8-9,14-16H2,1-2H3. The van der Waals surface area contributed by atoms with E-state index in [2.05, 4.69) is 22.1 Å². The zero-order valence-corrected chi connectivity index (χ0v) is 17.7. The van der Waals surface area contributed by atoms with Gasteiger partial charge in [-0.3, -0.25) is 14.6 Å². The lowest BCUT2D eigenvalue weighted by molar-refractivity contribution is -0.122. The van der Waals surface area contributed by atoms with Gasteiger partial charge < -0.3 is 4.98 Å². The number of hydrogen-bond acceptors (Lipinski definition) is 3. The number of pyridine rings is 1. The Morgan fingerprint density at radius 1 is 1.10 bits per heavy atom. The zero-order valence-electron chi connectivity index (χ0n) is 17.7. The minimum atomic E-state index is 0.0566. The van der Waals surface area contributed by atoms with Gasteiger partial charge in [0.25, 0.3) is 0 Å². The highest BCUT2D eigenvalue weighted by molar-refractivity contribution is 6.02. The molecule has 2 heterocycles. The second-order valence-corrected chi connectivity index (χ2v) is 8.59. The third kappa shape index (κ3) is 4.28. The topological polar surface area (TPSA) is 62.8 Å². The van der Waals surface area contributed by atoms with Crippen molar-refractivity contribution in [1.29, 1.82) is 0 Å². The van der Waals surface area contributed by atoms with Crippen molar-refractivity contribution < 1.29 is 9.59 Å². The van der Waals surface area contributed by atoms with E-state index >= 15 is 0 Å². The lowest BCUT2D eigenvalue weighted by Gasteiger charge is -2.22. The number of carbonyl (C=O) groups excluding carboxylic acids is 2. The van der Waals surface area contributed by atoms with E-state index in [1.54, 1.807) is 12.4 Å². The van der Waals surface area contributed by atoms with Crippen LogP contribution in [0.3, 0.4) is 0 Å². The van der Waals surface area contributed by atoms with Gasteiger partial charge in [-0.2, -0.15) is 0 Å². The molecule has 4 heteroatoms. The van der Waals surface area contributed by atoms with E-state index in [9.17, 15) is 9.59 Å². The normalized spacial score (nSPS) is 16.0. The Hall–Kier alpha value is -3.01. The minimum Gasteiger partial charge on any atom is -0.358 e. The van der Waals surface area contributed by atoms with Crippen LogP contribution in [0.1, 0.15) is 60.3 Å². The van der Waals surface area contributed by atoms with Gasteiger partial charge >= 0.3 is 0 Å². The molecule has 2 aromatic heterocycles. The van der Waals surface area contributed by atoms with Crippen molar-refractivity contribution in [3.63, 3.8) is 0 Å². The number of carbonyl (C=O) groups is 2. The van der Waals surface area contributed by atoms with E-state index in [4.69, 9.17) is 0 Å². The van der Waals surface area contributed by atoms with Crippen LogP contribution in [0.4, 0.5) is 0 Å². The smallest absolute Gasteiger partial charge is 0.165 e. The Morgan fingerprint density at radius 3 is 2.53 bits per heavy atom. The first-order valence-electron chi connectivity index (χ1n) is 10.8. The maximum atomic E-state index is 13.2. The number of hydrogen-bond donors (Lipinski definition) is 1. The number of aromatic amines is 1. The quantitative estimate of drug-likeness (QED) is 0.576. The molecule has 0 bridgehead atoms. The summed E-state index contributed by atoms with van der Waals surface area (Å²) in [4.78, 5) is 33.0. The number of benzene rings is 1. The Kier molecular flexibility index (Phi) is 5.93. The van der Waals surface area contributed by atoms with E-state index in [-0.39, 0.29) is 23.4 Å². The first kappa shape index (κ1) is 20.3. The SMILES string of the molecule is CC(C)C(=O)CCC1CC(=O)c2c([nH]c(-c3ccncc3)c2Cc2ccccc2)C1. The summed E-state index contributed by atoms with van der Waals surface area (Å²) in [7, 11) is 0. The molecule has 30 heavy (non-hydrogen) atoms. The molecule has 1 atom stereocenters. The highest BCUT2D eigenvalue weighted by Gasteiger charge is 2.31. The second kappa shape index (κ2) is 8.78. The zero-order chi connectivity index (χ0) is 21.1. The van der Waals surface area contributed by atoms with Crippen LogP contribution in [0.15, 0.2) is 54.9 Å². The highest BCUT2D eigenvalue weighted by atomic mass is 16.1. The molecule has 3 aromatic rings. The predicted molar refractivity (Wildman–Crippen MR) is 118 cm³/mol. The summed E-state index contributed by atoms with van der Waals surface area (Å²) in [5, 5.41) is 0. The van der Waals surface area contributed by atoms with Crippen LogP contribution in [0.25, 0.3) is 11.3 Å². The third-order valence-electron chi connectivity index (χ3n) is 6.06. The number of Topliss-reactive ketones (excluding diaryl/α,β-unsaturated/α-hetero) is 2. The van der Waals surface area contributed by atoms with Crippen LogP contribution in [0, 0.1) is 11.8 Å². The van der Waals surface area contributed by atoms with Gasteiger partial charge in [0.2, 0.25) is 0 Å². The predicted octanol–water partition coefficient (Wildman–Crippen LogP) is 5.42. The molecule has 0 aliphatic heterocycles. The molecule has 1 aliphatic carbocycles. The third-order valence-corrected chi connectivity index (χ3v) is 6.06. The van der Waals surface area contributed by atoms with Gasteiger partial charge in [-0.25, -0.2) is 0 Å². The number of aromatic nitrogens is 2. The lowest BCUT2D eigenvalue weighted by Crippen LogP contribution is -2.21. The van der Waals surface area contributed by atoms with Crippen molar-refractivity contribution in [3.8, 4) is 11.3 Å². The van der Waals surface area contributed by atoms with Crippen molar-refractivity contribution >= 4 is 11.6 Å². The van der Waals surface area contributed by atoms with Crippen LogP contribution in [0.5, 0.6) is 0 Å². The Morgan fingerprint density at radius 2 is 1.83 bits per heavy atom. The number of H-pyrrole nitrogens is 1. The summed E-state index contributed by atoms with van der Waals surface area (Å²) in [6, 6.07) is 14.2. The molecule has 0 saturated carbocycles. The number of ketones is 2. The van der Waals surface area contributed by atoms with Crippen molar-refractivity contribution in [2.24, 2.45) is 11.8 Å². The Bertz CT molecular complexity index is 1040. The molecule has 0 saturated heterocycles. The van der Waals surface area contributed by atoms with Crippen LogP contribution >= 0.6 is 0 Å². The van der Waals surface area contributed by atoms with Crippen LogP contribution in [0.2, 0.25) is 0 Å². The fourth-order valence-electron chi connectivity index (χ4n) is 4.39. The van der Waals surface area contributed by atoms with Gasteiger partial charge in [-0.05, 0) is 42.0 Å². The van der Waals surface area contributed by atoms with Crippen molar-refractivity contribution in [3.05, 3.63) is 77.2 Å². The van der Waals surface area contributed by atoms with Crippen molar-refractivity contribution in [2.75, 3.05) is 0 Å². The van der Waals surface area contributed by atoms with E-state index in [0.29, 0.717) is 19.3 Å². The summed E-state index contributed by atoms with van der Waals surface area (Å²) in [5.41, 5.74) is 6.20. The summed E-state index contributed by atoms with van der Waals surface area (Å²) in [6.07, 6.45) is 6.95. The Balaban J connectivity index is 1.67. The van der Waals surface area contributed by atoms with E-state index in [1.165, 1.54) is 5.56 Å². The second-order valence-electron chi connectivity index (χ2n) is 8.59. The molecule has 0 fully saturated rings. The summed E-state index contributed by atoms with van der Waals surface area (Å²) in [5.74, 6) is 0.755. The molecule has 1 unspecified atom stereocenters. The molecule has 154 valence electrons. The lowest BCUT2D eigenvalue weighted by atomic mass is 9.81. The maximum absolute atomic E-state index is 13.2. The summed E-state index contributed by atoms with van der Waals surface area (Å²) < 4.78 is 0. The van der Waals surface area contributed by atoms with Crippen LogP contribution in [-0.4, -0.2) is 21.5 Å². The highest BCUT2D eigenvalue weighted by Crippen LogP contribution is 2.37. The maximum Gasteiger partial charge on any atom is 0.165 e. The molecule has 0 amide bonds. The first-order chi connectivity index (χ1) is 14.5. The molecular formula is C26H28N2O2. The fourth-order valence-corrected chi connectivity index (χ4v) is 4.39. The molecule has 0 spiro atoms. The number of fused-ring (bicyclic) bond motifs is 1. The molecule has 1 N–H and O–H groups in total. The number of rotatable bonds is 7. The number of nitrogens with one attached hydrogen (secondary N) is 1. The van der Waals surface area contributed by atoms with Crippen LogP contribution < -0.4 is 0 Å². The van der Waals surface area contributed by atoms with Gasteiger partial charge in [0.05, 0.1) is 5.69 Å². The van der Waals surface area contributed by atoms with Gasteiger partial charge in [0, 0.05) is 54.4 Å². The fraction of sp³-hybridized carbons (Fsp3) is 0.346. The van der Waals surface area contributed by atoms with Crippen LogP contribution in [-0.2, 0) is 17.6 Å². The molecule has 1 aromatic carbocycles.